The normalized spacial score (nSPS) is 16.9. The highest BCUT2D eigenvalue weighted by Gasteiger charge is 2.35. The number of halogens is 4. The Morgan fingerprint density at radius 2 is 1.68 bits per heavy atom. The Morgan fingerprint density at radius 3 is 2.23 bits per heavy atom. The number of aryl methyl sites for hydroxylation is 2. The maximum absolute atomic E-state index is 13.3. The molecule has 0 saturated carbocycles. The van der Waals surface area contributed by atoms with Crippen LogP contribution in [0.25, 0.3) is 0 Å². The first-order valence-electron chi connectivity index (χ1n) is 9.23. The molecule has 1 aliphatic heterocycles. The van der Waals surface area contributed by atoms with E-state index in [4.69, 9.17) is 11.6 Å². The average molecular weight is 497 g/mol. The lowest BCUT2D eigenvalue weighted by Gasteiger charge is -2.29. The van der Waals surface area contributed by atoms with Gasteiger partial charge >= 0.3 is 6.18 Å². The molecular weight excluding hydrogens is 477 g/mol. The molecule has 0 aliphatic carbocycles. The lowest BCUT2D eigenvalue weighted by atomic mass is 10.1. The molecule has 3 rings (SSSR count). The zero-order valence-electron chi connectivity index (χ0n) is 16.6. The van der Waals surface area contributed by atoms with E-state index in [-0.39, 0.29) is 33.3 Å². The first kappa shape index (κ1) is 23.7. The maximum Gasteiger partial charge on any atom is 0.418 e. The molecule has 1 heterocycles. The molecule has 0 aromatic heterocycles. The van der Waals surface area contributed by atoms with E-state index in [1.807, 2.05) is 4.72 Å². The molecule has 12 heteroatoms. The fourth-order valence-corrected chi connectivity index (χ4v) is 6.94. The van der Waals surface area contributed by atoms with Gasteiger partial charge in [-0.15, -0.1) is 0 Å². The standard InChI is InChI=1S/C19H20ClF3N2O4S2/c1-12-9-15(25-7-3-4-8-30(25,26)27)10-13(2)18(12)31(28,29)24-17-6-5-14(20)11-16(17)19(21,22)23/h5-6,9-11,24H,3-4,7-8H2,1-2H3. The van der Waals surface area contributed by atoms with Gasteiger partial charge in [-0.1, -0.05) is 11.6 Å². The minimum Gasteiger partial charge on any atom is -0.279 e. The Balaban J connectivity index is 2.04. The number of alkyl halides is 3. The Bertz CT molecular complexity index is 1210. The molecule has 0 atom stereocenters. The second-order valence-electron chi connectivity index (χ2n) is 7.30. The molecule has 2 aromatic rings. The zero-order valence-corrected chi connectivity index (χ0v) is 19.0. The number of nitrogens with one attached hydrogen (secondary N) is 1. The van der Waals surface area contributed by atoms with E-state index in [0.29, 0.717) is 24.6 Å². The van der Waals surface area contributed by atoms with Crippen molar-refractivity contribution in [3.8, 4) is 0 Å². The van der Waals surface area contributed by atoms with Crippen LogP contribution in [0.5, 0.6) is 0 Å². The maximum atomic E-state index is 13.3. The molecule has 0 bridgehead atoms. The van der Waals surface area contributed by atoms with Gasteiger partial charge < -0.3 is 0 Å². The number of rotatable bonds is 4. The van der Waals surface area contributed by atoms with Gasteiger partial charge in [0.05, 0.1) is 27.6 Å². The summed E-state index contributed by atoms with van der Waals surface area (Å²) in [5.74, 6) is 0.00346. The first-order chi connectivity index (χ1) is 14.2. The van der Waals surface area contributed by atoms with Gasteiger partial charge in [0.25, 0.3) is 10.0 Å². The van der Waals surface area contributed by atoms with E-state index in [1.165, 1.54) is 30.3 Å². The summed E-state index contributed by atoms with van der Waals surface area (Å²) in [5.41, 5.74) is -1.11. The van der Waals surface area contributed by atoms with Gasteiger partial charge in [0.1, 0.15) is 0 Å². The molecule has 0 radical (unpaired) electrons. The largest absolute Gasteiger partial charge is 0.418 e. The van der Waals surface area contributed by atoms with Gasteiger partial charge in [-0.3, -0.25) is 9.03 Å². The Hall–Kier alpha value is -1.98. The quantitative estimate of drug-likeness (QED) is 0.664. The predicted octanol–water partition coefficient (Wildman–Crippen LogP) is 4.71. The summed E-state index contributed by atoms with van der Waals surface area (Å²) in [6, 6.07) is 5.57. The summed E-state index contributed by atoms with van der Waals surface area (Å²) in [6.45, 7) is 3.22. The first-order valence-corrected chi connectivity index (χ1v) is 12.7. The van der Waals surface area contributed by atoms with Crippen LogP contribution in [0.4, 0.5) is 24.5 Å². The highest BCUT2D eigenvalue weighted by atomic mass is 35.5. The summed E-state index contributed by atoms with van der Waals surface area (Å²) < 4.78 is 93.9. The van der Waals surface area contributed by atoms with Crippen LogP contribution in [0, 0.1) is 13.8 Å². The van der Waals surface area contributed by atoms with Gasteiger partial charge in [-0.25, -0.2) is 16.8 Å². The van der Waals surface area contributed by atoms with Crippen molar-refractivity contribution >= 4 is 43.0 Å². The van der Waals surface area contributed by atoms with E-state index < -0.39 is 37.5 Å². The van der Waals surface area contributed by atoms with Crippen molar-refractivity contribution in [3.63, 3.8) is 0 Å². The van der Waals surface area contributed by atoms with Crippen LogP contribution in [-0.4, -0.2) is 29.1 Å². The van der Waals surface area contributed by atoms with Crippen LogP contribution in [0.15, 0.2) is 35.2 Å². The Labute approximate surface area is 184 Å². The molecule has 31 heavy (non-hydrogen) atoms. The van der Waals surface area contributed by atoms with Crippen molar-refractivity contribution in [1.29, 1.82) is 0 Å². The van der Waals surface area contributed by atoms with E-state index in [0.717, 1.165) is 12.1 Å². The van der Waals surface area contributed by atoms with Crippen molar-refractivity contribution in [2.75, 3.05) is 21.3 Å². The number of sulfonamides is 2. The smallest absolute Gasteiger partial charge is 0.279 e. The lowest BCUT2D eigenvalue weighted by molar-refractivity contribution is -0.136. The van der Waals surface area contributed by atoms with Crippen molar-refractivity contribution in [2.24, 2.45) is 0 Å². The molecule has 1 saturated heterocycles. The average Bonchev–Trinajstić information content (AvgIpc) is 2.60. The van der Waals surface area contributed by atoms with Crippen LogP contribution in [-0.2, 0) is 26.2 Å². The second kappa shape index (κ2) is 8.18. The summed E-state index contributed by atoms with van der Waals surface area (Å²) >= 11 is 5.64. The van der Waals surface area contributed by atoms with Gasteiger partial charge in [-0.2, -0.15) is 13.2 Å². The van der Waals surface area contributed by atoms with Crippen LogP contribution in [0.1, 0.15) is 29.5 Å². The number of anilines is 2. The Morgan fingerprint density at radius 1 is 1.06 bits per heavy atom. The number of benzene rings is 2. The number of hydrogen-bond donors (Lipinski definition) is 1. The molecule has 1 fully saturated rings. The topological polar surface area (TPSA) is 83.6 Å². The monoisotopic (exact) mass is 496 g/mol. The molecule has 0 amide bonds. The van der Waals surface area contributed by atoms with Crippen LogP contribution in [0.3, 0.4) is 0 Å². The molecule has 170 valence electrons. The van der Waals surface area contributed by atoms with Crippen molar-refractivity contribution in [3.05, 3.63) is 52.0 Å². The zero-order chi connectivity index (χ0) is 23.2. The third-order valence-electron chi connectivity index (χ3n) is 4.88. The molecule has 2 aromatic carbocycles. The van der Waals surface area contributed by atoms with Gasteiger partial charge in [0, 0.05) is 11.6 Å². The van der Waals surface area contributed by atoms with Gasteiger partial charge in [-0.05, 0) is 68.1 Å². The second-order valence-corrected chi connectivity index (χ2v) is 11.4. The fourth-order valence-electron chi connectivity index (χ4n) is 3.61. The van der Waals surface area contributed by atoms with Crippen molar-refractivity contribution in [1.82, 2.24) is 0 Å². The third kappa shape index (κ3) is 4.93. The highest BCUT2D eigenvalue weighted by Crippen LogP contribution is 2.38. The van der Waals surface area contributed by atoms with Gasteiger partial charge in [0.15, 0.2) is 0 Å². The molecular formula is C19H20ClF3N2O4S2. The summed E-state index contributed by atoms with van der Waals surface area (Å²) in [6.07, 6.45) is -3.59. The molecule has 0 unspecified atom stereocenters. The number of nitrogens with zero attached hydrogens (tertiary/aromatic N) is 1. The SMILES string of the molecule is Cc1cc(N2CCCCS2(=O)=O)cc(C)c1S(=O)(=O)Nc1ccc(Cl)cc1C(F)(F)F. The minimum atomic E-state index is -4.82. The third-order valence-corrected chi connectivity index (χ3v) is 8.66. The van der Waals surface area contributed by atoms with E-state index in [1.54, 1.807) is 0 Å². The van der Waals surface area contributed by atoms with Crippen LogP contribution < -0.4 is 9.03 Å². The summed E-state index contributed by atoms with van der Waals surface area (Å²) in [4.78, 5) is -0.214. The van der Waals surface area contributed by atoms with Crippen LogP contribution in [0.2, 0.25) is 5.02 Å². The van der Waals surface area contributed by atoms with E-state index >= 15 is 0 Å². The minimum absolute atomic E-state index is 0.00346. The lowest BCUT2D eigenvalue weighted by Crippen LogP contribution is -2.38. The highest BCUT2D eigenvalue weighted by molar-refractivity contribution is 7.93. The van der Waals surface area contributed by atoms with Crippen LogP contribution >= 0.6 is 11.6 Å². The predicted molar refractivity (Wildman–Crippen MR) is 114 cm³/mol. The molecule has 1 aliphatic rings. The Kier molecular flexibility index (Phi) is 6.25. The van der Waals surface area contributed by atoms with Crippen molar-refractivity contribution < 1.29 is 30.0 Å². The fraction of sp³-hybridized carbons (Fsp3) is 0.368. The molecule has 6 nitrogen and oxygen atoms in total. The van der Waals surface area contributed by atoms with E-state index in [9.17, 15) is 30.0 Å². The summed E-state index contributed by atoms with van der Waals surface area (Å²) in [7, 11) is -7.91. The van der Waals surface area contributed by atoms with Gasteiger partial charge in [0.2, 0.25) is 10.0 Å². The van der Waals surface area contributed by atoms with E-state index in [2.05, 4.69) is 0 Å². The van der Waals surface area contributed by atoms with Crippen molar-refractivity contribution in [2.45, 2.75) is 37.8 Å². The summed E-state index contributed by atoms with van der Waals surface area (Å²) in [5, 5.41) is -0.185. The molecule has 1 N–H and O–H groups in total. The number of hydrogen-bond acceptors (Lipinski definition) is 4. The molecule has 0 spiro atoms.